The molecule has 0 unspecified atom stereocenters. The smallest absolute Gasteiger partial charge is 0.264 e. The molecule has 0 bridgehead atoms. The Morgan fingerprint density at radius 3 is 2.33 bits per heavy atom. The van der Waals surface area contributed by atoms with Crippen LogP contribution in [0.3, 0.4) is 0 Å². The van der Waals surface area contributed by atoms with Crippen LogP contribution >= 0.6 is 11.8 Å². The highest BCUT2D eigenvalue weighted by atomic mass is 32.2. The number of carbonyl (C=O) groups is 1. The van der Waals surface area contributed by atoms with Gasteiger partial charge in [0.25, 0.3) is 5.91 Å². The zero-order valence-electron chi connectivity index (χ0n) is 16.9. The van der Waals surface area contributed by atoms with Gasteiger partial charge in [0, 0.05) is 6.42 Å². The second kappa shape index (κ2) is 10.6. The van der Waals surface area contributed by atoms with E-state index < -0.39 is 0 Å². The fourth-order valence-corrected chi connectivity index (χ4v) is 3.46. The molecule has 0 saturated carbocycles. The van der Waals surface area contributed by atoms with Crippen LogP contribution in [0.4, 0.5) is 0 Å². The van der Waals surface area contributed by atoms with Crippen molar-refractivity contribution in [2.24, 2.45) is 0 Å². The van der Waals surface area contributed by atoms with E-state index in [9.17, 15) is 4.79 Å². The van der Waals surface area contributed by atoms with Gasteiger partial charge in [0.1, 0.15) is 0 Å². The first-order valence-electron chi connectivity index (χ1n) is 9.55. The zero-order valence-corrected chi connectivity index (χ0v) is 17.7. The fraction of sp³-hybridized carbons (Fsp3) is 0.273. The molecule has 158 valence electrons. The Labute approximate surface area is 179 Å². The van der Waals surface area contributed by atoms with Gasteiger partial charge in [-0.1, -0.05) is 18.2 Å². The van der Waals surface area contributed by atoms with Crippen LogP contribution in [0.2, 0.25) is 0 Å². The number of thioether (sulfide) groups is 1. The number of para-hydroxylation sites is 2. The highest BCUT2D eigenvalue weighted by Gasteiger charge is 2.22. The van der Waals surface area contributed by atoms with Gasteiger partial charge in [-0.05, 0) is 54.6 Å². The van der Waals surface area contributed by atoms with Crippen molar-refractivity contribution in [3.05, 3.63) is 52.9 Å². The average molecular weight is 429 g/mol. The number of hydrogen-bond acceptors (Lipinski definition) is 7. The molecule has 0 radical (unpaired) electrons. The maximum Gasteiger partial charge on any atom is 0.264 e. The minimum absolute atomic E-state index is 0.131. The van der Waals surface area contributed by atoms with Crippen molar-refractivity contribution < 1.29 is 23.7 Å². The van der Waals surface area contributed by atoms with E-state index in [1.807, 2.05) is 49.4 Å². The summed E-state index contributed by atoms with van der Waals surface area (Å²) in [7, 11) is 1.61. The van der Waals surface area contributed by atoms with Crippen molar-refractivity contribution in [2.45, 2.75) is 13.3 Å². The zero-order chi connectivity index (χ0) is 21.3. The molecule has 7 nitrogen and oxygen atoms in total. The first-order chi connectivity index (χ1) is 14.6. The second-order valence-electron chi connectivity index (χ2n) is 6.23. The van der Waals surface area contributed by atoms with Crippen LogP contribution in [0.15, 0.2) is 47.4 Å². The standard InChI is InChI=1S/C22H24N2O5S/c1-3-27-19-13-15(14-20-21(25)24-22(23)30-20)9-10-18(19)29-12-6-11-28-17-8-5-4-7-16(17)26-2/h4-5,7-10,13-14H,3,6,11-12H2,1-2H3,(H2,23,24,25). The number of methoxy groups -OCH3 is 1. The van der Waals surface area contributed by atoms with Crippen LogP contribution in [0, 0.1) is 5.41 Å². The van der Waals surface area contributed by atoms with Gasteiger partial charge in [-0.15, -0.1) is 0 Å². The summed E-state index contributed by atoms with van der Waals surface area (Å²) in [6, 6.07) is 13.0. The summed E-state index contributed by atoms with van der Waals surface area (Å²) in [6.07, 6.45) is 2.42. The van der Waals surface area contributed by atoms with Gasteiger partial charge in [0.05, 0.1) is 31.8 Å². The van der Waals surface area contributed by atoms with Gasteiger partial charge in [-0.25, -0.2) is 0 Å². The highest BCUT2D eigenvalue weighted by Crippen LogP contribution is 2.32. The number of amidine groups is 1. The van der Waals surface area contributed by atoms with Crippen molar-refractivity contribution in [3.63, 3.8) is 0 Å². The molecule has 1 saturated heterocycles. The molecule has 1 fully saturated rings. The molecule has 3 rings (SSSR count). The van der Waals surface area contributed by atoms with Crippen LogP contribution < -0.4 is 24.3 Å². The molecule has 1 amide bonds. The van der Waals surface area contributed by atoms with Crippen LogP contribution in [0.1, 0.15) is 18.9 Å². The Morgan fingerprint density at radius 1 is 1.00 bits per heavy atom. The molecule has 2 aromatic carbocycles. The van der Waals surface area contributed by atoms with Crippen molar-refractivity contribution in [1.29, 1.82) is 5.41 Å². The van der Waals surface area contributed by atoms with Gasteiger partial charge in [0.15, 0.2) is 28.2 Å². The monoisotopic (exact) mass is 428 g/mol. The van der Waals surface area contributed by atoms with Gasteiger partial charge < -0.3 is 24.3 Å². The largest absolute Gasteiger partial charge is 0.493 e. The summed E-state index contributed by atoms with van der Waals surface area (Å²) < 4.78 is 22.6. The maximum atomic E-state index is 11.8. The molecule has 1 aliphatic heterocycles. The van der Waals surface area contributed by atoms with E-state index in [0.717, 1.165) is 17.3 Å². The summed E-state index contributed by atoms with van der Waals surface area (Å²) in [5.41, 5.74) is 0.803. The van der Waals surface area contributed by atoms with Crippen molar-refractivity contribution in [1.82, 2.24) is 5.32 Å². The molecule has 0 atom stereocenters. The molecule has 30 heavy (non-hydrogen) atoms. The lowest BCUT2D eigenvalue weighted by Crippen LogP contribution is -2.18. The summed E-state index contributed by atoms with van der Waals surface area (Å²) in [6.45, 7) is 3.35. The predicted molar refractivity (Wildman–Crippen MR) is 118 cm³/mol. The molecular formula is C22H24N2O5S. The number of carbonyl (C=O) groups excluding carboxylic acids is 1. The summed E-state index contributed by atoms with van der Waals surface area (Å²) in [4.78, 5) is 12.3. The van der Waals surface area contributed by atoms with Crippen LogP contribution in [0.25, 0.3) is 6.08 Å². The molecule has 0 aliphatic carbocycles. The minimum atomic E-state index is -0.265. The quantitative estimate of drug-likeness (QED) is 0.438. The van der Waals surface area contributed by atoms with E-state index in [0.29, 0.717) is 54.1 Å². The second-order valence-corrected chi connectivity index (χ2v) is 7.29. The Hall–Kier alpha value is -3.13. The number of benzene rings is 2. The average Bonchev–Trinajstić information content (AvgIpc) is 3.06. The van der Waals surface area contributed by atoms with Gasteiger partial charge >= 0.3 is 0 Å². The summed E-state index contributed by atoms with van der Waals surface area (Å²) >= 11 is 1.10. The molecule has 1 aliphatic rings. The van der Waals surface area contributed by atoms with Crippen molar-refractivity contribution in [2.75, 3.05) is 26.9 Å². The molecule has 1 heterocycles. The third kappa shape index (κ3) is 5.70. The molecular weight excluding hydrogens is 404 g/mol. The maximum absolute atomic E-state index is 11.8. The minimum Gasteiger partial charge on any atom is -0.493 e. The first-order valence-corrected chi connectivity index (χ1v) is 10.4. The van der Waals surface area contributed by atoms with Gasteiger partial charge in [-0.2, -0.15) is 0 Å². The van der Waals surface area contributed by atoms with E-state index >= 15 is 0 Å². The number of hydrogen-bond donors (Lipinski definition) is 2. The number of rotatable bonds is 10. The Morgan fingerprint density at radius 2 is 1.70 bits per heavy atom. The third-order valence-electron chi connectivity index (χ3n) is 4.10. The van der Waals surface area contributed by atoms with Crippen LogP contribution in [-0.2, 0) is 4.79 Å². The molecule has 8 heteroatoms. The van der Waals surface area contributed by atoms with Gasteiger partial charge in [-0.3, -0.25) is 10.2 Å². The molecule has 2 aromatic rings. The lowest BCUT2D eigenvalue weighted by atomic mass is 10.2. The predicted octanol–water partition coefficient (Wildman–Crippen LogP) is 4.08. The lowest BCUT2D eigenvalue weighted by Gasteiger charge is -2.13. The van der Waals surface area contributed by atoms with E-state index in [1.54, 1.807) is 13.2 Å². The Balaban J connectivity index is 1.57. The lowest BCUT2D eigenvalue weighted by molar-refractivity contribution is -0.115. The van der Waals surface area contributed by atoms with Gasteiger partial charge in [0.2, 0.25) is 0 Å². The number of nitrogens with one attached hydrogen (secondary N) is 2. The first kappa shape index (κ1) is 21.6. The van der Waals surface area contributed by atoms with E-state index in [2.05, 4.69) is 5.32 Å². The molecule has 2 N–H and O–H groups in total. The highest BCUT2D eigenvalue weighted by molar-refractivity contribution is 8.18. The third-order valence-corrected chi connectivity index (χ3v) is 4.93. The topological polar surface area (TPSA) is 89.9 Å². The van der Waals surface area contributed by atoms with Crippen LogP contribution in [-0.4, -0.2) is 38.0 Å². The molecule has 0 spiro atoms. The normalized spacial score (nSPS) is 14.5. The Bertz CT molecular complexity index is 945. The SMILES string of the molecule is CCOc1cc(C=C2SC(=N)NC2=O)ccc1OCCCOc1ccccc1OC. The number of ether oxygens (including phenoxy) is 4. The van der Waals surface area contributed by atoms with Crippen LogP contribution in [0.5, 0.6) is 23.0 Å². The van der Waals surface area contributed by atoms with E-state index in [1.165, 1.54) is 0 Å². The Kier molecular flexibility index (Phi) is 7.62. The van der Waals surface area contributed by atoms with Crippen molar-refractivity contribution in [3.8, 4) is 23.0 Å². The van der Waals surface area contributed by atoms with E-state index in [4.69, 9.17) is 24.4 Å². The molecule has 0 aromatic heterocycles. The van der Waals surface area contributed by atoms with E-state index in [-0.39, 0.29) is 11.1 Å². The fourth-order valence-electron chi connectivity index (χ4n) is 2.76. The van der Waals surface area contributed by atoms with Crippen molar-refractivity contribution >= 4 is 28.9 Å². The summed E-state index contributed by atoms with van der Waals surface area (Å²) in [5.74, 6) is 2.38. The number of amides is 1. The summed E-state index contributed by atoms with van der Waals surface area (Å²) in [5, 5.41) is 10.1.